The molecule has 0 rings (SSSR count). The van der Waals surface area contributed by atoms with Crippen molar-refractivity contribution in [2.45, 2.75) is 0 Å². The molecule has 3 nitrogen and oxygen atoms in total. The second kappa shape index (κ2) is 438. The topological polar surface area (TPSA) is 60.7 Å². The van der Waals surface area contributed by atoms with Gasteiger partial charge in [-0.05, 0) is 0 Å². The number of hydrogen-bond donors (Lipinski definition) is 3. The molecule has 0 amide bonds. The average Bonchev–Trinajstić information content (AvgIpc) is 1.81. The molecule has 0 heterocycles. The molecule has 0 saturated carbocycles. The first-order valence-corrected chi connectivity index (χ1v) is 0.949. The molecule has 1 atom stereocenters. The van der Waals surface area contributed by atoms with Crippen molar-refractivity contribution in [3.05, 3.63) is 21.3 Å². The zero-order valence-corrected chi connectivity index (χ0v) is 7.68. The molecule has 0 saturated heterocycles. The van der Waals surface area contributed by atoms with Crippen molar-refractivity contribution in [2.75, 3.05) is 0 Å². The van der Waals surface area contributed by atoms with Gasteiger partial charge in [-0.15, -0.1) is 0 Å². The Bertz CT molecular complexity index is 14.5. The number of aliphatic hydroxyl groups excluding tert-OH is 3. The van der Waals surface area contributed by atoms with Gasteiger partial charge >= 0.3 is 19.5 Å². The number of rotatable bonds is 0. The van der Waals surface area contributed by atoms with E-state index in [9.17, 15) is 0 Å². The molecule has 0 aliphatic heterocycles. The predicted octanol–water partition coefficient (Wildman–Crippen LogP) is 0.507. The first kappa shape index (κ1) is 36.3. The van der Waals surface area contributed by atoms with Crippen molar-refractivity contribution in [2.24, 2.45) is 0 Å². The van der Waals surface area contributed by atoms with Gasteiger partial charge in [-0.3, -0.25) is 0 Å². The summed E-state index contributed by atoms with van der Waals surface area (Å²) in [5.41, 5.74) is 0. The van der Waals surface area contributed by atoms with Crippen molar-refractivity contribution in [3.8, 4) is 0 Å². The van der Waals surface area contributed by atoms with E-state index in [2.05, 4.69) is 21.3 Å². The van der Waals surface area contributed by atoms with Crippen LogP contribution < -0.4 is 0 Å². The van der Waals surface area contributed by atoms with Gasteiger partial charge in [0.15, 0.2) is 0 Å². The summed E-state index contributed by atoms with van der Waals surface area (Å²) < 4.78 is 0. The summed E-state index contributed by atoms with van der Waals surface area (Å²) in [6.07, 6.45) is 0. The molecule has 0 aromatic rings. The Hall–Kier alpha value is 0.933. The molecule has 0 aromatic heterocycles. The molecule has 8 heavy (non-hydrogen) atoms. The minimum Gasteiger partial charge on any atom is -0.569 e. The molecule has 0 spiro atoms. The third kappa shape index (κ3) is 280. The van der Waals surface area contributed by atoms with Crippen LogP contribution in [-0.4, -0.2) is 15.3 Å². The quantitative estimate of drug-likeness (QED) is 0.321. The third-order valence-corrected chi connectivity index (χ3v) is 0. The van der Waals surface area contributed by atoms with Crippen LogP contribution in [-0.2, 0) is 19.5 Å². The van der Waals surface area contributed by atoms with Gasteiger partial charge in [0, 0.05) is 0 Å². The van der Waals surface area contributed by atoms with E-state index >= 15 is 0 Å². The van der Waals surface area contributed by atoms with Crippen LogP contribution in [0.25, 0.3) is 0 Å². The van der Waals surface area contributed by atoms with Crippen LogP contribution in [0.4, 0.5) is 0 Å². The van der Waals surface area contributed by atoms with Crippen molar-refractivity contribution >= 4 is 9.90 Å². The summed E-state index contributed by atoms with van der Waals surface area (Å²) >= 11 is 0. The molecule has 5 heteroatoms. The molecule has 0 aliphatic carbocycles. The Balaban J connectivity index is -0.00000000500. The van der Waals surface area contributed by atoms with Gasteiger partial charge in [0.1, 0.15) is 0 Å². The second-order valence-corrected chi connectivity index (χ2v) is 0. The zero-order chi connectivity index (χ0) is 6.00. The first-order valence-electron chi connectivity index (χ1n) is 0.949. The smallest absolute Gasteiger partial charge is 0.569 e. The summed E-state index contributed by atoms with van der Waals surface area (Å²) in [5, 5.41) is 20.2. The van der Waals surface area contributed by atoms with Crippen molar-refractivity contribution in [3.63, 3.8) is 0 Å². The van der Waals surface area contributed by atoms with Crippen LogP contribution in [0.5, 0.6) is 0 Å². The van der Waals surface area contributed by atoms with E-state index in [1.165, 1.54) is 0 Å². The minimum absolute atomic E-state index is 0. The average molecular weight is 228 g/mol. The SMILES string of the molecule is P.[CH2-]O.[CH2-]O.[CH2-]O.[Ru+3]. The minimum atomic E-state index is 0. The van der Waals surface area contributed by atoms with Gasteiger partial charge < -0.3 is 15.3 Å². The molecule has 3 N–H and O–H groups in total. The molecule has 0 aromatic carbocycles. The molecule has 0 bridgehead atoms. The van der Waals surface area contributed by atoms with Crippen LogP contribution >= 0.6 is 9.90 Å². The van der Waals surface area contributed by atoms with Crippen LogP contribution in [0.1, 0.15) is 0 Å². The monoisotopic (exact) mass is 229 g/mol. The standard InChI is InChI=1S/3CH3O.H3P.Ru/c3*1-2;;/h3*2H,1H2;1H3;/q3*-1;;+3. The van der Waals surface area contributed by atoms with Gasteiger partial charge in [0.2, 0.25) is 0 Å². The Morgan fingerprint density at radius 1 is 0.625 bits per heavy atom. The number of aliphatic hydroxyl groups is 3. The van der Waals surface area contributed by atoms with E-state index in [1.54, 1.807) is 0 Å². The molecule has 0 aliphatic rings. The van der Waals surface area contributed by atoms with E-state index < -0.39 is 0 Å². The van der Waals surface area contributed by atoms with E-state index in [-0.39, 0.29) is 29.4 Å². The van der Waals surface area contributed by atoms with Crippen LogP contribution in [0.3, 0.4) is 0 Å². The summed E-state index contributed by atoms with van der Waals surface area (Å²) in [6, 6.07) is 0. The maximum atomic E-state index is 6.75. The molecular weight excluding hydrogens is 216 g/mol. The normalized spacial score (nSPS) is 2.25. The van der Waals surface area contributed by atoms with E-state index in [4.69, 9.17) is 15.3 Å². The summed E-state index contributed by atoms with van der Waals surface area (Å²) in [6.45, 7) is 0. The fraction of sp³-hybridized carbons (Fsp3) is 0. The Kier molecular flexibility index (Phi) is 1990. The molecule has 1 radical (unpaired) electrons. The fourth-order valence-electron chi connectivity index (χ4n) is 0. The van der Waals surface area contributed by atoms with Gasteiger partial charge in [-0.25, -0.2) is 21.3 Å². The largest absolute Gasteiger partial charge is 3.00 e. The van der Waals surface area contributed by atoms with Gasteiger partial charge in [-0.1, -0.05) is 0 Å². The van der Waals surface area contributed by atoms with Crippen LogP contribution in [0.2, 0.25) is 0 Å². The van der Waals surface area contributed by atoms with Gasteiger partial charge in [0.05, 0.1) is 0 Å². The van der Waals surface area contributed by atoms with E-state index in [1.807, 2.05) is 0 Å². The predicted molar refractivity (Wildman–Crippen MR) is 33.0 cm³/mol. The first-order chi connectivity index (χ1) is 3.00. The summed E-state index contributed by atoms with van der Waals surface area (Å²) in [7, 11) is 6.75. The molecule has 0 fully saturated rings. The van der Waals surface area contributed by atoms with Crippen molar-refractivity contribution in [1.29, 1.82) is 0 Å². The van der Waals surface area contributed by atoms with Crippen molar-refractivity contribution in [1.82, 2.24) is 0 Å². The van der Waals surface area contributed by atoms with Crippen molar-refractivity contribution < 1.29 is 34.8 Å². The van der Waals surface area contributed by atoms with Crippen LogP contribution in [0.15, 0.2) is 0 Å². The van der Waals surface area contributed by atoms with Gasteiger partial charge in [0.25, 0.3) is 0 Å². The second-order valence-electron chi connectivity index (χ2n) is 0. The van der Waals surface area contributed by atoms with Gasteiger partial charge in [-0.2, -0.15) is 9.90 Å². The Morgan fingerprint density at radius 3 is 0.625 bits per heavy atom. The molecule has 1 unspecified atom stereocenters. The molecule has 55 valence electrons. The Morgan fingerprint density at radius 2 is 0.625 bits per heavy atom. The van der Waals surface area contributed by atoms with Crippen LogP contribution in [0, 0.1) is 21.3 Å². The Labute approximate surface area is 66.5 Å². The number of hydrogen-bond acceptors (Lipinski definition) is 3. The van der Waals surface area contributed by atoms with E-state index in [0.717, 1.165) is 0 Å². The summed E-state index contributed by atoms with van der Waals surface area (Å²) in [4.78, 5) is 0. The zero-order valence-electron chi connectivity index (χ0n) is 4.52. The maximum Gasteiger partial charge on any atom is 3.00 e. The maximum absolute atomic E-state index is 6.75. The fourth-order valence-corrected chi connectivity index (χ4v) is 0. The third-order valence-electron chi connectivity index (χ3n) is 0. The van der Waals surface area contributed by atoms with E-state index in [0.29, 0.717) is 0 Å². The molecular formula is C3H12O3PRu. The summed E-state index contributed by atoms with van der Waals surface area (Å²) in [5.74, 6) is 0.